The first kappa shape index (κ1) is 14.0. The topological polar surface area (TPSA) is 15.3 Å². The third-order valence-corrected chi connectivity index (χ3v) is 4.55. The monoisotopic (exact) mass is 276 g/mol. The number of aryl methyl sites for hydroxylation is 1. The van der Waals surface area contributed by atoms with Crippen LogP contribution >= 0.6 is 0 Å². The number of rotatable bonds is 6. The molecule has 2 aliphatic rings. The van der Waals surface area contributed by atoms with Gasteiger partial charge in [0.1, 0.15) is 5.82 Å². The highest BCUT2D eigenvalue weighted by Crippen LogP contribution is 2.30. The van der Waals surface area contributed by atoms with Gasteiger partial charge in [-0.3, -0.25) is 4.90 Å². The van der Waals surface area contributed by atoms with Crippen molar-refractivity contribution in [2.45, 2.75) is 45.2 Å². The second-order valence-corrected chi connectivity index (χ2v) is 6.50. The van der Waals surface area contributed by atoms with E-state index in [1.54, 1.807) is 12.1 Å². The predicted molar refractivity (Wildman–Crippen MR) is 80.2 cm³/mol. The SMILES string of the molecule is Cc1cc(F)ccc1CN(CC1CC1)CC1CCCN1. The number of hydrogen-bond acceptors (Lipinski definition) is 2. The van der Waals surface area contributed by atoms with Crippen LogP contribution in [0.5, 0.6) is 0 Å². The number of nitrogens with zero attached hydrogens (tertiary/aromatic N) is 1. The first-order chi connectivity index (χ1) is 9.70. The van der Waals surface area contributed by atoms with E-state index in [0.29, 0.717) is 6.04 Å². The van der Waals surface area contributed by atoms with Crippen molar-refractivity contribution >= 4 is 0 Å². The van der Waals surface area contributed by atoms with Gasteiger partial charge in [0.2, 0.25) is 0 Å². The van der Waals surface area contributed by atoms with Gasteiger partial charge in [0, 0.05) is 25.7 Å². The standard InChI is InChI=1S/C17H25FN2/c1-13-9-16(18)7-6-15(13)11-20(10-14-4-5-14)12-17-3-2-8-19-17/h6-7,9,14,17,19H,2-5,8,10-12H2,1H3. The molecule has 1 atom stereocenters. The molecule has 1 aromatic carbocycles. The lowest BCUT2D eigenvalue weighted by atomic mass is 10.1. The lowest BCUT2D eigenvalue weighted by molar-refractivity contribution is 0.231. The zero-order valence-electron chi connectivity index (χ0n) is 12.4. The van der Waals surface area contributed by atoms with Crippen molar-refractivity contribution < 1.29 is 4.39 Å². The quantitative estimate of drug-likeness (QED) is 0.859. The zero-order chi connectivity index (χ0) is 13.9. The summed E-state index contributed by atoms with van der Waals surface area (Å²) in [6.45, 7) is 6.47. The van der Waals surface area contributed by atoms with Crippen molar-refractivity contribution in [1.82, 2.24) is 10.2 Å². The first-order valence-electron chi connectivity index (χ1n) is 7.91. The fourth-order valence-corrected chi connectivity index (χ4v) is 3.17. The van der Waals surface area contributed by atoms with E-state index in [4.69, 9.17) is 0 Å². The van der Waals surface area contributed by atoms with Crippen molar-refractivity contribution in [2.24, 2.45) is 5.92 Å². The van der Waals surface area contributed by atoms with Crippen LogP contribution in [0.25, 0.3) is 0 Å². The average Bonchev–Trinajstić information content (AvgIpc) is 3.07. The molecule has 1 unspecified atom stereocenters. The molecule has 1 aliphatic heterocycles. The summed E-state index contributed by atoms with van der Waals surface area (Å²) in [6.07, 6.45) is 5.37. The van der Waals surface area contributed by atoms with E-state index >= 15 is 0 Å². The van der Waals surface area contributed by atoms with Crippen LogP contribution < -0.4 is 5.32 Å². The average molecular weight is 276 g/mol. The Labute approximate surface area is 121 Å². The summed E-state index contributed by atoms with van der Waals surface area (Å²) in [5.74, 6) is 0.773. The molecule has 2 fully saturated rings. The van der Waals surface area contributed by atoms with E-state index in [-0.39, 0.29) is 5.82 Å². The molecule has 3 rings (SSSR count). The van der Waals surface area contributed by atoms with Gasteiger partial charge < -0.3 is 5.32 Å². The highest BCUT2D eigenvalue weighted by atomic mass is 19.1. The van der Waals surface area contributed by atoms with Gasteiger partial charge in [-0.25, -0.2) is 4.39 Å². The van der Waals surface area contributed by atoms with Gasteiger partial charge >= 0.3 is 0 Å². The van der Waals surface area contributed by atoms with Gasteiger partial charge in [-0.2, -0.15) is 0 Å². The molecule has 2 nitrogen and oxygen atoms in total. The van der Waals surface area contributed by atoms with Crippen molar-refractivity contribution in [3.63, 3.8) is 0 Å². The zero-order valence-corrected chi connectivity index (χ0v) is 12.4. The molecule has 3 heteroatoms. The summed E-state index contributed by atoms with van der Waals surface area (Å²) in [4.78, 5) is 2.57. The van der Waals surface area contributed by atoms with E-state index in [2.05, 4.69) is 10.2 Å². The maximum atomic E-state index is 13.2. The van der Waals surface area contributed by atoms with E-state index < -0.39 is 0 Å². The van der Waals surface area contributed by atoms with Gasteiger partial charge in [0.25, 0.3) is 0 Å². The summed E-state index contributed by atoms with van der Waals surface area (Å²) in [7, 11) is 0. The molecule has 0 aromatic heterocycles. The van der Waals surface area contributed by atoms with Crippen molar-refractivity contribution in [3.05, 3.63) is 35.1 Å². The van der Waals surface area contributed by atoms with Crippen molar-refractivity contribution in [3.8, 4) is 0 Å². The molecule has 1 saturated carbocycles. The molecule has 0 amide bonds. The number of benzene rings is 1. The van der Waals surface area contributed by atoms with Gasteiger partial charge in [0.05, 0.1) is 0 Å². The number of halogens is 1. The Morgan fingerprint density at radius 1 is 1.25 bits per heavy atom. The van der Waals surface area contributed by atoms with Crippen LogP contribution in [0.4, 0.5) is 4.39 Å². The number of nitrogens with one attached hydrogen (secondary N) is 1. The first-order valence-corrected chi connectivity index (χ1v) is 7.91. The molecule has 0 bridgehead atoms. The van der Waals surface area contributed by atoms with Crippen LogP contribution in [0.15, 0.2) is 18.2 Å². The van der Waals surface area contributed by atoms with Crippen LogP contribution in [0.3, 0.4) is 0 Å². The van der Waals surface area contributed by atoms with E-state index in [9.17, 15) is 4.39 Å². The molecular formula is C17H25FN2. The molecule has 1 aliphatic carbocycles. The number of hydrogen-bond donors (Lipinski definition) is 1. The second kappa shape index (κ2) is 6.23. The fourth-order valence-electron chi connectivity index (χ4n) is 3.17. The highest BCUT2D eigenvalue weighted by Gasteiger charge is 2.26. The normalized spacial score (nSPS) is 22.6. The molecule has 1 N–H and O–H groups in total. The molecule has 0 spiro atoms. The molecule has 1 aromatic rings. The van der Waals surface area contributed by atoms with Crippen LogP contribution in [0.1, 0.15) is 36.8 Å². The highest BCUT2D eigenvalue weighted by molar-refractivity contribution is 5.26. The Morgan fingerprint density at radius 3 is 2.75 bits per heavy atom. The minimum absolute atomic E-state index is 0.127. The van der Waals surface area contributed by atoms with Gasteiger partial charge in [-0.15, -0.1) is 0 Å². The summed E-state index contributed by atoms with van der Waals surface area (Å²) < 4.78 is 13.2. The molecule has 1 saturated heterocycles. The van der Waals surface area contributed by atoms with Crippen LogP contribution in [0.2, 0.25) is 0 Å². The van der Waals surface area contributed by atoms with E-state index in [0.717, 1.165) is 31.1 Å². The molecule has 110 valence electrons. The molecule has 20 heavy (non-hydrogen) atoms. The van der Waals surface area contributed by atoms with Crippen LogP contribution in [-0.4, -0.2) is 30.6 Å². The minimum Gasteiger partial charge on any atom is -0.313 e. The van der Waals surface area contributed by atoms with Crippen molar-refractivity contribution in [1.29, 1.82) is 0 Å². The Morgan fingerprint density at radius 2 is 2.10 bits per heavy atom. The lowest BCUT2D eigenvalue weighted by Gasteiger charge is -2.26. The van der Waals surface area contributed by atoms with Gasteiger partial charge in [-0.05, 0) is 68.3 Å². The van der Waals surface area contributed by atoms with Crippen LogP contribution in [-0.2, 0) is 6.54 Å². The second-order valence-electron chi connectivity index (χ2n) is 6.50. The Balaban J connectivity index is 1.64. The molecule has 0 radical (unpaired) electrons. The molecular weight excluding hydrogens is 251 g/mol. The summed E-state index contributed by atoms with van der Waals surface area (Å²) in [5.41, 5.74) is 2.34. The predicted octanol–water partition coefficient (Wildman–Crippen LogP) is 3.10. The summed E-state index contributed by atoms with van der Waals surface area (Å²) in [5, 5.41) is 3.59. The minimum atomic E-state index is -0.127. The van der Waals surface area contributed by atoms with E-state index in [1.165, 1.54) is 37.8 Å². The van der Waals surface area contributed by atoms with Crippen molar-refractivity contribution in [2.75, 3.05) is 19.6 Å². The largest absolute Gasteiger partial charge is 0.313 e. The summed E-state index contributed by atoms with van der Waals surface area (Å²) >= 11 is 0. The van der Waals surface area contributed by atoms with E-state index in [1.807, 2.05) is 13.0 Å². The Kier molecular flexibility index (Phi) is 4.37. The fraction of sp³-hybridized carbons (Fsp3) is 0.647. The third-order valence-electron chi connectivity index (χ3n) is 4.55. The summed E-state index contributed by atoms with van der Waals surface area (Å²) in [6, 6.07) is 5.84. The Bertz CT molecular complexity index is 450. The maximum Gasteiger partial charge on any atom is 0.123 e. The van der Waals surface area contributed by atoms with Gasteiger partial charge in [-0.1, -0.05) is 6.07 Å². The van der Waals surface area contributed by atoms with Gasteiger partial charge in [0.15, 0.2) is 0 Å². The maximum absolute atomic E-state index is 13.2. The molecule has 1 heterocycles. The lowest BCUT2D eigenvalue weighted by Crippen LogP contribution is -2.38. The Hall–Kier alpha value is -0.930. The van der Waals surface area contributed by atoms with Crippen LogP contribution in [0, 0.1) is 18.7 Å². The smallest absolute Gasteiger partial charge is 0.123 e. The third kappa shape index (κ3) is 3.80.